The first-order valence-corrected chi connectivity index (χ1v) is 6.48. The lowest BCUT2D eigenvalue weighted by molar-refractivity contribution is 0.182. The molecule has 2 aromatic rings. The van der Waals surface area contributed by atoms with E-state index in [1.54, 1.807) is 7.11 Å². The zero-order chi connectivity index (χ0) is 14.0. The molecule has 0 saturated heterocycles. The molecule has 0 aliphatic carbocycles. The highest BCUT2D eigenvalue weighted by Crippen LogP contribution is 2.34. The van der Waals surface area contributed by atoms with Crippen molar-refractivity contribution in [3.05, 3.63) is 52.5 Å². The Morgan fingerprint density at radius 3 is 2.58 bits per heavy atom. The van der Waals surface area contributed by atoms with Gasteiger partial charge in [0.05, 0.1) is 7.11 Å². The monoisotopic (exact) mass is 260 g/mol. The van der Waals surface area contributed by atoms with Crippen molar-refractivity contribution in [2.75, 3.05) is 7.11 Å². The van der Waals surface area contributed by atoms with Gasteiger partial charge in [-0.1, -0.05) is 13.0 Å². The van der Waals surface area contributed by atoms with Gasteiger partial charge in [-0.3, -0.25) is 0 Å². The van der Waals surface area contributed by atoms with Crippen LogP contribution < -0.4 is 4.74 Å². The molecule has 2 rings (SSSR count). The van der Waals surface area contributed by atoms with Crippen LogP contribution in [-0.2, 0) is 6.42 Å². The average Bonchev–Trinajstić information content (AvgIpc) is 2.85. The van der Waals surface area contributed by atoms with Crippen molar-refractivity contribution in [2.45, 2.75) is 33.3 Å². The maximum Gasteiger partial charge on any atom is 0.140 e. The van der Waals surface area contributed by atoms with Crippen LogP contribution in [0.5, 0.6) is 5.75 Å². The number of aliphatic hydroxyl groups is 1. The summed E-state index contributed by atoms with van der Waals surface area (Å²) in [6.07, 6.45) is 0.0207. The van der Waals surface area contributed by atoms with E-state index >= 15 is 0 Å². The Bertz CT molecular complexity index is 569. The highest BCUT2D eigenvalue weighted by molar-refractivity contribution is 5.46. The smallest absolute Gasteiger partial charge is 0.140 e. The molecule has 1 atom stereocenters. The molecule has 1 aromatic heterocycles. The number of benzene rings is 1. The van der Waals surface area contributed by atoms with E-state index in [1.807, 2.05) is 45.0 Å². The predicted molar refractivity (Wildman–Crippen MR) is 74.6 cm³/mol. The van der Waals surface area contributed by atoms with E-state index in [2.05, 4.69) is 0 Å². The van der Waals surface area contributed by atoms with Crippen LogP contribution in [0.3, 0.4) is 0 Å². The first kappa shape index (κ1) is 13.7. The second-order valence-corrected chi connectivity index (χ2v) is 4.76. The highest BCUT2D eigenvalue weighted by atomic mass is 16.5. The van der Waals surface area contributed by atoms with Crippen LogP contribution in [-0.4, -0.2) is 12.2 Å². The van der Waals surface area contributed by atoms with Crippen molar-refractivity contribution >= 4 is 0 Å². The molecule has 1 unspecified atom stereocenters. The summed E-state index contributed by atoms with van der Waals surface area (Å²) < 4.78 is 11.0. The number of hydrogen-bond donors (Lipinski definition) is 1. The van der Waals surface area contributed by atoms with Crippen molar-refractivity contribution in [1.29, 1.82) is 0 Å². The van der Waals surface area contributed by atoms with E-state index in [-0.39, 0.29) is 0 Å². The van der Waals surface area contributed by atoms with Crippen LogP contribution in [0.2, 0.25) is 0 Å². The maximum absolute atomic E-state index is 10.5. The minimum absolute atomic E-state index is 0.558. The molecule has 3 nitrogen and oxygen atoms in total. The summed E-state index contributed by atoms with van der Waals surface area (Å²) in [4.78, 5) is 0. The number of hydrogen-bond acceptors (Lipinski definition) is 3. The summed E-state index contributed by atoms with van der Waals surface area (Å²) in [5.41, 5.74) is 2.88. The standard InChI is InChI=1S/C16H20O3/c1-5-12-6-7-13(19-12)16(17)15-11(3)8-10(2)9-14(15)18-4/h6-9,16-17H,5H2,1-4H3. The Morgan fingerprint density at radius 1 is 1.26 bits per heavy atom. The number of ether oxygens (including phenoxy) is 1. The number of aliphatic hydroxyl groups excluding tert-OH is 1. The van der Waals surface area contributed by atoms with Gasteiger partial charge in [0.15, 0.2) is 0 Å². The summed E-state index contributed by atoms with van der Waals surface area (Å²) >= 11 is 0. The Labute approximate surface area is 113 Å². The first-order valence-electron chi connectivity index (χ1n) is 6.48. The van der Waals surface area contributed by atoms with Crippen LogP contribution >= 0.6 is 0 Å². The van der Waals surface area contributed by atoms with Crippen LogP contribution in [0.4, 0.5) is 0 Å². The lowest BCUT2D eigenvalue weighted by atomic mass is 9.98. The lowest BCUT2D eigenvalue weighted by Gasteiger charge is -2.16. The molecule has 0 fully saturated rings. The third-order valence-corrected chi connectivity index (χ3v) is 3.29. The zero-order valence-corrected chi connectivity index (χ0v) is 11.9. The van der Waals surface area contributed by atoms with Crippen LogP contribution in [0.1, 0.15) is 41.2 Å². The molecule has 0 amide bonds. The molecule has 3 heteroatoms. The van der Waals surface area contributed by atoms with Gasteiger partial charge >= 0.3 is 0 Å². The zero-order valence-electron chi connectivity index (χ0n) is 11.9. The SMILES string of the molecule is CCc1ccc(C(O)c2c(C)cc(C)cc2OC)o1. The third-order valence-electron chi connectivity index (χ3n) is 3.29. The van der Waals surface area contributed by atoms with Crippen molar-refractivity contribution in [3.63, 3.8) is 0 Å². The first-order chi connectivity index (χ1) is 9.06. The minimum Gasteiger partial charge on any atom is -0.496 e. The fourth-order valence-corrected chi connectivity index (χ4v) is 2.33. The molecule has 19 heavy (non-hydrogen) atoms. The predicted octanol–water partition coefficient (Wildman–Crippen LogP) is 3.55. The van der Waals surface area contributed by atoms with Gasteiger partial charge in [-0.15, -0.1) is 0 Å². The van der Waals surface area contributed by atoms with E-state index in [0.717, 1.165) is 28.9 Å². The van der Waals surface area contributed by atoms with Gasteiger partial charge in [0, 0.05) is 12.0 Å². The maximum atomic E-state index is 10.5. The van der Waals surface area contributed by atoms with E-state index in [4.69, 9.17) is 9.15 Å². The third kappa shape index (κ3) is 2.66. The molecule has 0 radical (unpaired) electrons. The Hall–Kier alpha value is -1.74. The van der Waals surface area contributed by atoms with Gasteiger partial charge in [-0.25, -0.2) is 0 Å². The minimum atomic E-state index is -0.796. The fourth-order valence-electron chi connectivity index (χ4n) is 2.33. The van der Waals surface area contributed by atoms with Crippen molar-refractivity contribution in [1.82, 2.24) is 0 Å². The van der Waals surface area contributed by atoms with Crippen LogP contribution in [0, 0.1) is 13.8 Å². The van der Waals surface area contributed by atoms with Gasteiger partial charge in [0.2, 0.25) is 0 Å². The summed E-state index contributed by atoms with van der Waals surface area (Å²) in [6, 6.07) is 7.68. The van der Waals surface area contributed by atoms with Gasteiger partial charge in [0.1, 0.15) is 23.4 Å². The molecule has 0 aliphatic rings. The topological polar surface area (TPSA) is 42.6 Å². The summed E-state index contributed by atoms with van der Waals surface area (Å²) in [5, 5.41) is 10.5. The lowest BCUT2D eigenvalue weighted by Crippen LogP contribution is -2.04. The Balaban J connectivity index is 2.45. The number of furan rings is 1. The average molecular weight is 260 g/mol. The molecular formula is C16H20O3. The van der Waals surface area contributed by atoms with Gasteiger partial charge < -0.3 is 14.3 Å². The molecule has 1 heterocycles. The van der Waals surface area contributed by atoms with Crippen molar-refractivity contribution in [2.24, 2.45) is 0 Å². The Kier molecular flexibility index (Phi) is 3.96. The number of aryl methyl sites for hydroxylation is 3. The normalized spacial score (nSPS) is 12.5. The fraction of sp³-hybridized carbons (Fsp3) is 0.375. The van der Waals surface area contributed by atoms with Gasteiger partial charge in [0.25, 0.3) is 0 Å². The molecule has 102 valence electrons. The van der Waals surface area contributed by atoms with Crippen LogP contribution in [0.25, 0.3) is 0 Å². The van der Waals surface area contributed by atoms with E-state index in [9.17, 15) is 5.11 Å². The van der Waals surface area contributed by atoms with E-state index in [1.165, 1.54) is 0 Å². The summed E-state index contributed by atoms with van der Waals surface area (Å²) in [5.74, 6) is 2.12. The molecule has 0 bridgehead atoms. The molecule has 1 aromatic carbocycles. The number of methoxy groups -OCH3 is 1. The molecule has 0 spiro atoms. The molecule has 0 aliphatic heterocycles. The van der Waals surface area contributed by atoms with Gasteiger partial charge in [-0.05, 0) is 43.2 Å². The molecule has 0 saturated carbocycles. The van der Waals surface area contributed by atoms with Crippen LogP contribution in [0.15, 0.2) is 28.7 Å². The second-order valence-electron chi connectivity index (χ2n) is 4.76. The largest absolute Gasteiger partial charge is 0.496 e. The van der Waals surface area contributed by atoms with Crippen molar-refractivity contribution in [3.8, 4) is 5.75 Å². The van der Waals surface area contributed by atoms with Gasteiger partial charge in [-0.2, -0.15) is 0 Å². The molecular weight excluding hydrogens is 240 g/mol. The molecule has 1 N–H and O–H groups in total. The summed E-state index contributed by atoms with van der Waals surface area (Å²) in [7, 11) is 1.62. The summed E-state index contributed by atoms with van der Waals surface area (Å²) in [6.45, 7) is 6.00. The quantitative estimate of drug-likeness (QED) is 0.914. The van der Waals surface area contributed by atoms with E-state index < -0.39 is 6.10 Å². The van der Waals surface area contributed by atoms with Crippen molar-refractivity contribution < 1.29 is 14.3 Å². The Morgan fingerprint density at radius 2 is 2.00 bits per heavy atom. The second kappa shape index (κ2) is 5.49. The number of rotatable bonds is 4. The van der Waals surface area contributed by atoms with E-state index in [0.29, 0.717) is 11.5 Å². The highest BCUT2D eigenvalue weighted by Gasteiger charge is 2.21.